The fraction of sp³-hybridized carbons (Fsp3) is 0.167. The van der Waals surface area contributed by atoms with E-state index < -0.39 is 0 Å². The van der Waals surface area contributed by atoms with Gasteiger partial charge in [-0.25, -0.2) is 9.88 Å². The molecule has 0 unspecified atom stereocenters. The maximum absolute atomic E-state index is 12.7. The lowest BCUT2D eigenvalue weighted by Crippen LogP contribution is -2.30. The van der Waals surface area contributed by atoms with Gasteiger partial charge in [0.15, 0.2) is 0 Å². The first-order chi connectivity index (χ1) is 12.4. The number of thioether (sulfide) groups is 1. The molecule has 0 bridgehead atoms. The highest BCUT2D eigenvalue weighted by molar-refractivity contribution is 8.04. The van der Waals surface area contributed by atoms with Crippen molar-refractivity contribution in [2.24, 2.45) is 0 Å². The van der Waals surface area contributed by atoms with Crippen LogP contribution >= 0.6 is 11.8 Å². The summed E-state index contributed by atoms with van der Waals surface area (Å²) in [5.74, 6) is -0.253. The number of aromatic nitrogens is 4. The van der Waals surface area contributed by atoms with E-state index in [0.717, 1.165) is 28.7 Å². The predicted molar refractivity (Wildman–Crippen MR) is 97.9 cm³/mol. The molecule has 7 nitrogen and oxygen atoms in total. The first-order valence-corrected chi connectivity index (χ1v) is 8.80. The number of hydrogen-bond acceptors (Lipinski definition) is 6. The van der Waals surface area contributed by atoms with E-state index in [1.165, 1.54) is 11.0 Å². The Morgan fingerprint density at radius 2 is 1.73 bits per heavy atom. The van der Waals surface area contributed by atoms with Crippen molar-refractivity contribution in [2.75, 3.05) is 4.90 Å². The first kappa shape index (κ1) is 16.5. The highest BCUT2D eigenvalue weighted by Crippen LogP contribution is 2.33. The second kappa shape index (κ2) is 6.06. The van der Waals surface area contributed by atoms with Crippen LogP contribution in [0.2, 0.25) is 0 Å². The number of benzene rings is 1. The minimum Gasteiger partial charge on any atom is -0.269 e. The van der Waals surface area contributed by atoms with E-state index in [1.807, 2.05) is 39.0 Å². The summed E-state index contributed by atoms with van der Waals surface area (Å²) in [6.45, 7) is 5.75. The molecule has 0 aliphatic carbocycles. The van der Waals surface area contributed by atoms with Crippen molar-refractivity contribution < 1.29 is 9.59 Å². The molecule has 2 amide bonds. The topological polar surface area (TPSA) is 80.5 Å². The van der Waals surface area contributed by atoms with Gasteiger partial charge in [-0.3, -0.25) is 14.0 Å². The van der Waals surface area contributed by atoms with Crippen molar-refractivity contribution in [3.05, 3.63) is 58.3 Å². The number of carbonyl (C=O) groups excluding carboxylic acids is 2. The van der Waals surface area contributed by atoms with Crippen LogP contribution in [0, 0.1) is 20.8 Å². The van der Waals surface area contributed by atoms with Gasteiger partial charge in [0, 0.05) is 17.5 Å². The minimum absolute atomic E-state index is 0.310. The zero-order valence-corrected chi connectivity index (χ0v) is 15.2. The summed E-state index contributed by atoms with van der Waals surface area (Å²) in [7, 11) is 0. The Bertz CT molecular complexity index is 1080. The summed E-state index contributed by atoms with van der Waals surface area (Å²) in [6, 6.07) is 9.16. The third-order valence-electron chi connectivity index (χ3n) is 4.05. The number of rotatable bonds is 3. The van der Waals surface area contributed by atoms with Gasteiger partial charge >= 0.3 is 0 Å². The number of imide groups is 1. The second-order valence-corrected chi connectivity index (χ2v) is 7.09. The molecule has 0 N–H and O–H groups in total. The van der Waals surface area contributed by atoms with Crippen molar-refractivity contribution in [2.45, 2.75) is 25.9 Å². The Morgan fingerprint density at radius 3 is 2.46 bits per heavy atom. The first-order valence-electron chi connectivity index (χ1n) is 7.98. The lowest BCUT2D eigenvalue weighted by Gasteiger charge is -2.14. The Balaban J connectivity index is 1.66. The predicted octanol–water partition coefficient (Wildman–Crippen LogP) is 2.60. The lowest BCUT2D eigenvalue weighted by molar-refractivity contribution is -0.120. The van der Waals surface area contributed by atoms with Gasteiger partial charge in [-0.05, 0) is 50.7 Å². The molecule has 1 aliphatic rings. The van der Waals surface area contributed by atoms with Crippen LogP contribution in [0.1, 0.15) is 17.0 Å². The molecule has 0 radical (unpaired) electrons. The Hall–Kier alpha value is -3.00. The standard InChI is InChI=1S/C18H15N5O2S/c1-10-4-6-13(7-5-10)23-15(24)9-14(16(23)25)26-18-21-20-17-19-11(2)8-12(3)22(17)18/h4-9H,1-3H3. The van der Waals surface area contributed by atoms with Crippen molar-refractivity contribution in [3.63, 3.8) is 0 Å². The van der Waals surface area contributed by atoms with Crippen LogP contribution in [-0.4, -0.2) is 31.4 Å². The van der Waals surface area contributed by atoms with Crippen LogP contribution in [0.4, 0.5) is 5.69 Å². The molecular formula is C18H15N5O2S. The van der Waals surface area contributed by atoms with Gasteiger partial charge in [0.05, 0.1) is 10.6 Å². The molecular weight excluding hydrogens is 350 g/mol. The third-order valence-corrected chi connectivity index (χ3v) is 5.00. The molecule has 2 aromatic heterocycles. The zero-order valence-electron chi connectivity index (χ0n) is 14.4. The van der Waals surface area contributed by atoms with Crippen molar-refractivity contribution in [1.82, 2.24) is 19.6 Å². The number of amides is 2. The summed E-state index contributed by atoms with van der Waals surface area (Å²) in [5, 5.41) is 8.68. The van der Waals surface area contributed by atoms with Gasteiger partial charge in [-0.2, -0.15) is 0 Å². The van der Waals surface area contributed by atoms with Gasteiger partial charge in [-0.1, -0.05) is 17.7 Å². The smallest absolute Gasteiger partial charge is 0.269 e. The summed E-state index contributed by atoms with van der Waals surface area (Å²) >= 11 is 1.12. The van der Waals surface area contributed by atoms with Crippen molar-refractivity contribution in [3.8, 4) is 0 Å². The Labute approximate surface area is 153 Å². The van der Waals surface area contributed by atoms with Crippen molar-refractivity contribution in [1.29, 1.82) is 0 Å². The summed E-state index contributed by atoms with van der Waals surface area (Å²) in [4.78, 5) is 30.9. The molecule has 4 rings (SSSR count). The average molecular weight is 365 g/mol. The summed E-state index contributed by atoms with van der Waals surface area (Å²) < 4.78 is 1.77. The number of nitrogens with zero attached hydrogens (tertiary/aromatic N) is 5. The molecule has 130 valence electrons. The Morgan fingerprint density at radius 1 is 1.00 bits per heavy atom. The largest absolute Gasteiger partial charge is 0.272 e. The Kier molecular flexibility index (Phi) is 3.84. The van der Waals surface area contributed by atoms with Crippen molar-refractivity contribution >= 4 is 35.0 Å². The van der Waals surface area contributed by atoms with Gasteiger partial charge in [0.1, 0.15) is 0 Å². The van der Waals surface area contributed by atoms with E-state index in [9.17, 15) is 9.59 Å². The molecule has 0 fully saturated rings. The SMILES string of the molecule is Cc1ccc(N2C(=O)C=C(Sc3nnc4nc(C)cc(C)n34)C2=O)cc1. The molecule has 0 spiro atoms. The zero-order chi connectivity index (χ0) is 18.4. The number of hydrogen-bond donors (Lipinski definition) is 0. The molecule has 0 saturated heterocycles. The molecule has 3 aromatic rings. The molecule has 1 aromatic carbocycles. The number of carbonyl (C=O) groups is 2. The van der Waals surface area contributed by atoms with Crippen LogP contribution in [-0.2, 0) is 9.59 Å². The van der Waals surface area contributed by atoms with Gasteiger partial charge < -0.3 is 0 Å². The van der Waals surface area contributed by atoms with Gasteiger partial charge in [0.2, 0.25) is 5.16 Å². The fourth-order valence-corrected chi connectivity index (χ4v) is 3.76. The van der Waals surface area contributed by atoms with Gasteiger partial charge in [-0.15, -0.1) is 10.2 Å². The monoisotopic (exact) mass is 365 g/mol. The number of anilines is 1. The molecule has 1 aliphatic heterocycles. The quantitative estimate of drug-likeness (QED) is 0.664. The average Bonchev–Trinajstić information content (AvgIpc) is 3.10. The van der Waals surface area contributed by atoms with E-state index in [-0.39, 0.29) is 11.8 Å². The highest BCUT2D eigenvalue weighted by Gasteiger charge is 2.33. The summed E-state index contributed by atoms with van der Waals surface area (Å²) in [6.07, 6.45) is 1.34. The fourth-order valence-electron chi connectivity index (χ4n) is 2.82. The lowest BCUT2D eigenvalue weighted by atomic mass is 10.2. The van der Waals surface area contributed by atoms with E-state index in [4.69, 9.17) is 0 Å². The van der Waals surface area contributed by atoms with E-state index in [1.54, 1.807) is 16.5 Å². The van der Waals surface area contributed by atoms with Crippen LogP contribution in [0.5, 0.6) is 0 Å². The molecule has 3 heterocycles. The van der Waals surface area contributed by atoms with E-state index >= 15 is 0 Å². The molecule has 26 heavy (non-hydrogen) atoms. The number of aryl methyl sites for hydroxylation is 3. The third kappa shape index (κ3) is 2.68. The van der Waals surface area contributed by atoms with Crippen LogP contribution in [0.25, 0.3) is 5.78 Å². The molecule has 0 atom stereocenters. The van der Waals surface area contributed by atoms with E-state index in [2.05, 4.69) is 15.2 Å². The van der Waals surface area contributed by atoms with Crippen LogP contribution < -0.4 is 4.90 Å². The highest BCUT2D eigenvalue weighted by atomic mass is 32.2. The van der Waals surface area contributed by atoms with Crippen LogP contribution in [0.15, 0.2) is 46.5 Å². The minimum atomic E-state index is -0.363. The van der Waals surface area contributed by atoms with E-state index in [0.29, 0.717) is 21.5 Å². The maximum Gasteiger partial charge on any atom is 0.272 e. The van der Waals surface area contributed by atoms with Crippen LogP contribution in [0.3, 0.4) is 0 Å². The maximum atomic E-state index is 12.7. The summed E-state index contributed by atoms with van der Waals surface area (Å²) in [5.41, 5.74) is 3.37. The second-order valence-electron chi connectivity index (χ2n) is 6.08. The molecule has 0 saturated carbocycles. The van der Waals surface area contributed by atoms with Gasteiger partial charge in [0.25, 0.3) is 17.6 Å². The normalized spacial score (nSPS) is 14.4. The molecule has 8 heteroatoms. The number of fused-ring (bicyclic) bond motifs is 1.